The van der Waals surface area contributed by atoms with Crippen LogP contribution >= 0.6 is 11.6 Å². The van der Waals surface area contributed by atoms with Crippen molar-refractivity contribution in [3.8, 4) is 28.0 Å². The summed E-state index contributed by atoms with van der Waals surface area (Å²) in [5, 5.41) is 10.3. The van der Waals surface area contributed by atoms with Crippen molar-refractivity contribution in [2.45, 2.75) is 0 Å². The molecule has 0 fully saturated rings. The monoisotopic (exact) mass is 298 g/mol. The van der Waals surface area contributed by atoms with Gasteiger partial charge in [-0.1, -0.05) is 54.1 Å². The van der Waals surface area contributed by atoms with E-state index in [2.05, 4.69) is 0 Å². The smallest absolute Gasteiger partial charge is 0.131 e. The maximum atomic E-state index is 14.4. The van der Waals surface area contributed by atoms with Crippen LogP contribution in [-0.4, -0.2) is 5.11 Å². The zero-order chi connectivity index (χ0) is 14.8. The highest BCUT2D eigenvalue weighted by Crippen LogP contribution is 2.34. The first-order valence-electron chi connectivity index (χ1n) is 6.49. The third-order valence-electron chi connectivity index (χ3n) is 3.32. The number of rotatable bonds is 2. The molecule has 0 unspecified atom stereocenters. The van der Waals surface area contributed by atoms with Crippen molar-refractivity contribution in [1.29, 1.82) is 0 Å². The molecule has 0 aliphatic carbocycles. The summed E-state index contributed by atoms with van der Waals surface area (Å²) in [6.07, 6.45) is 0. The molecule has 0 bridgehead atoms. The molecule has 0 saturated carbocycles. The van der Waals surface area contributed by atoms with Gasteiger partial charge >= 0.3 is 0 Å². The molecule has 104 valence electrons. The van der Waals surface area contributed by atoms with E-state index in [0.717, 1.165) is 11.1 Å². The molecule has 0 aliphatic rings. The van der Waals surface area contributed by atoms with Crippen molar-refractivity contribution >= 4 is 11.6 Å². The van der Waals surface area contributed by atoms with Crippen molar-refractivity contribution in [3.05, 3.63) is 77.6 Å². The van der Waals surface area contributed by atoms with Gasteiger partial charge in [-0.2, -0.15) is 0 Å². The average Bonchev–Trinajstić information content (AvgIpc) is 2.51. The Balaban J connectivity index is 2.08. The summed E-state index contributed by atoms with van der Waals surface area (Å²) in [6, 6.07) is 19.1. The van der Waals surface area contributed by atoms with E-state index in [1.165, 1.54) is 12.1 Å². The summed E-state index contributed by atoms with van der Waals surface area (Å²) in [5.41, 5.74) is 2.45. The van der Waals surface area contributed by atoms with Gasteiger partial charge in [-0.25, -0.2) is 4.39 Å². The summed E-state index contributed by atoms with van der Waals surface area (Å²) in [6.45, 7) is 0. The van der Waals surface area contributed by atoms with Crippen LogP contribution in [0.2, 0.25) is 5.02 Å². The molecule has 1 N–H and O–H groups in total. The van der Waals surface area contributed by atoms with E-state index < -0.39 is 5.82 Å². The summed E-state index contributed by atoms with van der Waals surface area (Å²) in [5.74, 6) is -0.389. The molecular formula is C18H12ClFO. The van der Waals surface area contributed by atoms with E-state index >= 15 is 0 Å². The number of phenols is 1. The van der Waals surface area contributed by atoms with Crippen LogP contribution in [0.5, 0.6) is 5.75 Å². The molecule has 0 amide bonds. The van der Waals surface area contributed by atoms with Gasteiger partial charge in [-0.3, -0.25) is 0 Å². The lowest BCUT2D eigenvalue weighted by molar-refractivity contribution is 0.476. The van der Waals surface area contributed by atoms with E-state index in [9.17, 15) is 9.50 Å². The Labute approximate surface area is 127 Å². The van der Waals surface area contributed by atoms with Gasteiger partial charge in [0.1, 0.15) is 11.6 Å². The molecule has 3 aromatic carbocycles. The highest BCUT2D eigenvalue weighted by molar-refractivity contribution is 6.31. The second kappa shape index (κ2) is 5.58. The number of halogens is 2. The van der Waals surface area contributed by atoms with Crippen molar-refractivity contribution in [1.82, 2.24) is 0 Å². The van der Waals surface area contributed by atoms with Gasteiger partial charge in [0.2, 0.25) is 0 Å². The Morgan fingerprint density at radius 1 is 0.762 bits per heavy atom. The van der Waals surface area contributed by atoms with E-state index in [1.54, 1.807) is 18.2 Å². The molecule has 0 aromatic heterocycles. The lowest BCUT2D eigenvalue weighted by Crippen LogP contribution is -1.87. The predicted octanol–water partition coefficient (Wildman–Crippen LogP) is 5.52. The van der Waals surface area contributed by atoms with Gasteiger partial charge in [0, 0.05) is 16.1 Å². The first-order chi connectivity index (χ1) is 10.1. The minimum absolute atomic E-state index is 0.00533. The standard InChI is InChI=1S/C18H12ClFO/c19-14-7-9-18(21)16(11-14)15-8-6-13(10-17(15)20)12-4-2-1-3-5-12/h1-11,21H. The van der Waals surface area contributed by atoms with Crippen molar-refractivity contribution < 1.29 is 9.50 Å². The first kappa shape index (κ1) is 13.7. The van der Waals surface area contributed by atoms with E-state index in [1.807, 2.05) is 36.4 Å². The lowest BCUT2D eigenvalue weighted by atomic mass is 9.99. The largest absolute Gasteiger partial charge is 0.507 e. The summed E-state index contributed by atoms with van der Waals surface area (Å²) in [4.78, 5) is 0. The van der Waals surface area contributed by atoms with Crippen molar-refractivity contribution in [3.63, 3.8) is 0 Å². The van der Waals surface area contributed by atoms with Gasteiger partial charge in [-0.05, 0) is 35.4 Å². The number of aromatic hydroxyl groups is 1. The second-order valence-electron chi connectivity index (χ2n) is 4.72. The number of phenolic OH excluding ortho intramolecular Hbond substituents is 1. The first-order valence-corrected chi connectivity index (χ1v) is 6.87. The zero-order valence-corrected chi connectivity index (χ0v) is 11.8. The van der Waals surface area contributed by atoms with Crippen LogP contribution in [0.3, 0.4) is 0 Å². The van der Waals surface area contributed by atoms with Crippen LogP contribution in [0.4, 0.5) is 4.39 Å². The van der Waals surface area contributed by atoms with E-state index in [-0.39, 0.29) is 5.75 Å². The van der Waals surface area contributed by atoms with E-state index in [0.29, 0.717) is 16.1 Å². The van der Waals surface area contributed by atoms with Gasteiger partial charge in [-0.15, -0.1) is 0 Å². The molecule has 1 nitrogen and oxygen atoms in total. The average molecular weight is 299 g/mol. The minimum Gasteiger partial charge on any atom is -0.507 e. The molecule has 0 radical (unpaired) electrons. The quantitative estimate of drug-likeness (QED) is 0.660. The van der Waals surface area contributed by atoms with Crippen LogP contribution in [0.25, 0.3) is 22.3 Å². The lowest BCUT2D eigenvalue weighted by Gasteiger charge is -2.09. The molecule has 0 saturated heterocycles. The third kappa shape index (κ3) is 2.76. The number of hydrogen-bond acceptors (Lipinski definition) is 1. The van der Waals surface area contributed by atoms with Crippen LogP contribution < -0.4 is 0 Å². The zero-order valence-electron chi connectivity index (χ0n) is 11.1. The van der Waals surface area contributed by atoms with Crippen LogP contribution in [0, 0.1) is 5.82 Å². The van der Waals surface area contributed by atoms with Gasteiger partial charge in [0.25, 0.3) is 0 Å². The Kier molecular flexibility index (Phi) is 3.63. The second-order valence-corrected chi connectivity index (χ2v) is 5.16. The van der Waals surface area contributed by atoms with Crippen molar-refractivity contribution in [2.24, 2.45) is 0 Å². The molecular weight excluding hydrogens is 287 g/mol. The van der Waals surface area contributed by atoms with Crippen LogP contribution in [-0.2, 0) is 0 Å². The fraction of sp³-hybridized carbons (Fsp3) is 0. The third-order valence-corrected chi connectivity index (χ3v) is 3.56. The molecule has 0 aliphatic heterocycles. The Morgan fingerprint density at radius 3 is 2.24 bits per heavy atom. The van der Waals surface area contributed by atoms with E-state index in [4.69, 9.17) is 11.6 Å². The predicted molar refractivity (Wildman–Crippen MR) is 83.9 cm³/mol. The van der Waals surface area contributed by atoms with Crippen LogP contribution in [0.1, 0.15) is 0 Å². The maximum Gasteiger partial charge on any atom is 0.131 e. The molecule has 3 aromatic rings. The highest BCUT2D eigenvalue weighted by Gasteiger charge is 2.11. The molecule has 0 atom stereocenters. The van der Waals surface area contributed by atoms with Crippen LogP contribution in [0.15, 0.2) is 66.7 Å². The van der Waals surface area contributed by atoms with Gasteiger partial charge in [0.15, 0.2) is 0 Å². The highest BCUT2D eigenvalue weighted by atomic mass is 35.5. The molecule has 3 heteroatoms. The Hall–Kier alpha value is -2.32. The maximum absolute atomic E-state index is 14.4. The van der Waals surface area contributed by atoms with Gasteiger partial charge in [0.05, 0.1) is 0 Å². The molecule has 3 rings (SSSR count). The normalized spacial score (nSPS) is 10.6. The summed E-state index contributed by atoms with van der Waals surface area (Å²) < 4.78 is 14.4. The molecule has 21 heavy (non-hydrogen) atoms. The Morgan fingerprint density at radius 2 is 1.52 bits per heavy atom. The SMILES string of the molecule is Oc1ccc(Cl)cc1-c1ccc(-c2ccccc2)cc1F. The fourth-order valence-corrected chi connectivity index (χ4v) is 2.44. The summed E-state index contributed by atoms with van der Waals surface area (Å²) in [7, 11) is 0. The molecule has 0 spiro atoms. The van der Waals surface area contributed by atoms with Gasteiger partial charge < -0.3 is 5.11 Å². The Bertz CT molecular complexity index is 784. The van der Waals surface area contributed by atoms with Crippen molar-refractivity contribution in [2.75, 3.05) is 0 Å². The molecule has 0 heterocycles. The number of hydrogen-bond donors (Lipinski definition) is 1. The fourth-order valence-electron chi connectivity index (χ4n) is 2.27. The topological polar surface area (TPSA) is 20.2 Å². The number of benzene rings is 3. The minimum atomic E-state index is -0.395. The summed E-state index contributed by atoms with van der Waals surface area (Å²) >= 11 is 5.91.